The number of rotatable bonds is 6. The highest BCUT2D eigenvalue weighted by atomic mass is 19.3. The van der Waals surface area contributed by atoms with E-state index in [4.69, 9.17) is 5.73 Å². The summed E-state index contributed by atoms with van der Waals surface area (Å²) in [6, 6.07) is -0.736. The van der Waals surface area contributed by atoms with Crippen molar-refractivity contribution in [1.29, 1.82) is 0 Å². The van der Waals surface area contributed by atoms with Crippen LogP contribution in [0.15, 0.2) is 0 Å². The van der Waals surface area contributed by atoms with Crippen LogP contribution in [0.2, 0.25) is 0 Å². The molecule has 84 valence electrons. The van der Waals surface area contributed by atoms with Gasteiger partial charge >= 0.3 is 5.97 Å². The minimum Gasteiger partial charge on any atom is -0.468 e. The number of carbonyl (C=O) groups is 1. The fourth-order valence-corrected chi connectivity index (χ4v) is 0.956. The van der Waals surface area contributed by atoms with Gasteiger partial charge in [-0.3, -0.25) is 4.79 Å². The van der Waals surface area contributed by atoms with Crippen LogP contribution in [0.5, 0.6) is 0 Å². The van der Waals surface area contributed by atoms with Gasteiger partial charge in [0.2, 0.25) is 0 Å². The molecule has 1 unspecified atom stereocenters. The standard InChI is InChI=1S/C8H16F2N2O2/c1-12(5-7(9)10)4-3-6(11)8(13)14-2/h6-7H,3-5,11H2,1-2H3. The molecule has 6 heteroatoms. The molecule has 0 heterocycles. The summed E-state index contributed by atoms with van der Waals surface area (Å²) in [7, 11) is 2.79. The first-order valence-corrected chi connectivity index (χ1v) is 4.27. The van der Waals surface area contributed by atoms with Crippen molar-refractivity contribution in [2.24, 2.45) is 5.73 Å². The van der Waals surface area contributed by atoms with Gasteiger partial charge in [-0.2, -0.15) is 0 Å². The molecular weight excluding hydrogens is 194 g/mol. The Balaban J connectivity index is 3.65. The number of methoxy groups -OCH3 is 1. The highest BCUT2D eigenvalue weighted by molar-refractivity contribution is 5.75. The van der Waals surface area contributed by atoms with Crippen molar-refractivity contribution in [2.45, 2.75) is 18.9 Å². The Morgan fingerprint density at radius 2 is 2.14 bits per heavy atom. The molecule has 0 aromatic heterocycles. The Kier molecular flexibility index (Phi) is 6.31. The molecule has 0 aliphatic heterocycles. The van der Waals surface area contributed by atoms with E-state index in [9.17, 15) is 13.6 Å². The van der Waals surface area contributed by atoms with Crippen molar-refractivity contribution >= 4 is 5.97 Å². The lowest BCUT2D eigenvalue weighted by molar-refractivity contribution is -0.142. The maximum atomic E-state index is 11.9. The average molecular weight is 210 g/mol. The Hall–Kier alpha value is -0.750. The third kappa shape index (κ3) is 5.82. The molecule has 0 aromatic rings. The Morgan fingerprint density at radius 3 is 2.57 bits per heavy atom. The lowest BCUT2D eigenvalue weighted by Gasteiger charge is -2.17. The first-order valence-electron chi connectivity index (χ1n) is 4.27. The lowest BCUT2D eigenvalue weighted by atomic mass is 10.2. The Morgan fingerprint density at radius 1 is 1.57 bits per heavy atom. The number of carbonyl (C=O) groups excluding carboxylic acids is 1. The average Bonchev–Trinajstić information content (AvgIpc) is 2.11. The monoisotopic (exact) mass is 210 g/mol. The van der Waals surface area contributed by atoms with Crippen LogP contribution in [-0.4, -0.2) is 50.6 Å². The normalized spacial score (nSPS) is 13.4. The third-order valence-electron chi connectivity index (χ3n) is 1.78. The van der Waals surface area contributed by atoms with E-state index in [0.717, 1.165) is 0 Å². The molecule has 14 heavy (non-hydrogen) atoms. The van der Waals surface area contributed by atoms with Crippen LogP contribution >= 0.6 is 0 Å². The van der Waals surface area contributed by atoms with Gasteiger partial charge in [0.25, 0.3) is 6.43 Å². The van der Waals surface area contributed by atoms with Crippen molar-refractivity contribution < 1.29 is 18.3 Å². The highest BCUT2D eigenvalue weighted by Crippen LogP contribution is 1.98. The Bertz CT molecular complexity index is 179. The number of hydrogen-bond acceptors (Lipinski definition) is 4. The third-order valence-corrected chi connectivity index (χ3v) is 1.78. The van der Waals surface area contributed by atoms with E-state index >= 15 is 0 Å². The summed E-state index contributed by atoms with van der Waals surface area (Å²) < 4.78 is 28.1. The summed E-state index contributed by atoms with van der Waals surface area (Å²) in [4.78, 5) is 12.3. The van der Waals surface area contributed by atoms with Crippen molar-refractivity contribution in [3.63, 3.8) is 0 Å². The maximum Gasteiger partial charge on any atom is 0.322 e. The Labute approximate surface area is 82.0 Å². The van der Waals surface area contributed by atoms with Crippen molar-refractivity contribution in [3.8, 4) is 0 Å². The molecule has 0 amide bonds. The molecular formula is C8H16F2N2O2. The number of nitrogens with two attached hydrogens (primary N) is 1. The smallest absolute Gasteiger partial charge is 0.322 e. The first-order chi connectivity index (χ1) is 6.47. The van der Waals surface area contributed by atoms with Gasteiger partial charge in [0.05, 0.1) is 13.7 Å². The summed E-state index contributed by atoms with van der Waals surface area (Å²) >= 11 is 0. The molecule has 0 spiro atoms. The van der Waals surface area contributed by atoms with Gasteiger partial charge in [-0.25, -0.2) is 8.78 Å². The van der Waals surface area contributed by atoms with Crippen LogP contribution in [0.4, 0.5) is 8.78 Å². The van der Waals surface area contributed by atoms with Crippen LogP contribution in [0.25, 0.3) is 0 Å². The number of ether oxygens (including phenoxy) is 1. The second-order valence-electron chi connectivity index (χ2n) is 3.07. The van der Waals surface area contributed by atoms with Gasteiger partial charge in [0.15, 0.2) is 0 Å². The lowest BCUT2D eigenvalue weighted by Crippen LogP contribution is -2.36. The number of nitrogens with zero attached hydrogens (tertiary/aromatic N) is 1. The van der Waals surface area contributed by atoms with Crippen LogP contribution in [0, 0.1) is 0 Å². The zero-order valence-electron chi connectivity index (χ0n) is 8.37. The molecule has 1 atom stereocenters. The van der Waals surface area contributed by atoms with Crippen LogP contribution in [0.3, 0.4) is 0 Å². The van der Waals surface area contributed by atoms with Crippen LogP contribution < -0.4 is 5.73 Å². The van der Waals surface area contributed by atoms with Gasteiger partial charge in [-0.1, -0.05) is 0 Å². The fourth-order valence-electron chi connectivity index (χ4n) is 0.956. The number of halogens is 2. The molecule has 4 nitrogen and oxygen atoms in total. The quantitative estimate of drug-likeness (QED) is 0.630. The SMILES string of the molecule is COC(=O)C(N)CCN(C)CC(F)F. The van der Waals surface area contributed by atoms with Gasteiger partial charge < -0.3 is 15.4 Å². The highest BCUT2D eigenvalue weighted by Gasteiger charge is 2.15. The van der Waals surface area contributed by atoms with Crippen LogP contribution in [0.1, 0.15) is 6.42 Å². The largest absolute Gasteiger partial charge is 0.468 e. The summed E-state index contributed by atoms with van der Waals surface area (Å²) in [5, 5.41) is 0. The minimum absolute atomic E-state index is 0.312. The first kappa shape index (κ1) is 13.2. The predicted octanol–water partition coefficient (Wildman–Crippen LogP) is 0.0737. The summed E-state index contributed by atoms with van der Waals surface area (Å²) in [6.07, 6.45) is -2.05. The van der Waals surface area contributed by atoms with Gasteiger partial charge in [0.1, 0.15) is 6.04 Å². The van der Waals surface area contributed by atoms with E-state index in [1.54, 1.807) is 7.05 Å². The number of hydrogen-bond donors (Lipinski definition) is 1. The van der Waals surface area contributed by atoms with Crippen molar-refractivity contribution in [3.05, 3.63) is 0 Å². The van der Waals surface area contributed by atoms with Crippen molar-refractivity contribution in [2.75, 3.05) is 27.2 Å². The zero-order valence-corrected chi connectivity index (χ0v) is 8.37. The maximum absolute atomic E-state index is 11.9. The van der Waals surface area contributed by atoms with Crippen molar-refractivity contribution in [1.82, 2.24) is 4.90 Å². The molecule has 0 saturated heterocycles. The molecule has 0 radical (unpaired) electrons. The number of esters is 1. The molecule has 2 N–H and O–H groups in total. The van der Waals surface area contributed by atoms with E-state index in [1.165, 1.54) is 12.0 Å². The van der Waals surface area contributed by atoms with Gasteiger partial charge in [-0.05, 0) is 13.5 Å². The zero-order chi connectivity index (χ0) is 11.1. The van der Waals surface area contributed by atoms with E-state index < -0.39 is 18.4 Å². The van der Waals surface area contributed by atoms with Crippen LogP contribution in [-0.2, 0) is 9.53 Å². The van der Waals surface area contributed by atoms with E-state index in [-0.39, 0.29) is 6.54 Å². The summed E-state index contributed by atoms with van der Waals surface area (Å²) in [5.74, 6) is -0.518. The number of alkyl halides is 2. The summed E-state index contributed by atoms with van der Waals surface area (Å²) in [6.45, 7) is 0.0362. The predicted molar refractivity (Wildman–Crippen MR) is 48.1 cm³/mol. The van der Waals surface area contributed by atoms with E-state index in [0.29, 0.717) is 13.0 Å². The molecule has 0 fully saturated rings. The van der Waals surface area contributed by atoms with Gasteiger partial charge in [-0.15, -0.1) is 0 Å². The molecule has 0 rings (SSSR count). The molecule has 0 bridgehead atoms. The second-order valence-corrected chi connectivity index (χ2v) is 3.07. The molecule has 0 saturated carbocycles. The topological polar surface area (TPSA) is 55.6 Å². The minimum atomic E-state index is -2.37. The molecule has 0 aliphatic rings. The molecule has 0 aliphatic carbocycles. The van der Waals surface area contributed by atoms with Gasteiger partial charge in [0, 0.05) is 6.54 Å². The van der Waals surface area contributed by atoms with E-state index in [1.807, 2.05) is 0 Å². The fraction of sp³-hybridized carbons (Fsp3) is 0.875. The van der Waals surface area contributed by atoms with E-state index in [2.05, 4.69) is 4.74 Å². The molecule has 0 aromatic carbocycles. The summed E-state index contributed by atoms with van der Waals surface area (Å²) in [5.41, 5.74) is 5.42. The second kappa shape index (κ2) is 6.67.